The number of nitrogens with two attached hydrogens (primary N) is 1. The quantitative estimate of drug-likeness (QED) is 0.688. The Morgan fingerprint density at radius 3 is 2.50 bits per heavy atom. The molecule has 0 aromatic carbocycles. The fourth-order valence-electron chi connectivity index (χ4n) is 1.13. The lowest BCUT2D eigenvalue weighted by Gasteiger charge is -2.20. The molecule has 0 bridgehead atoms. The van der Waals surface area contributed by atoms with Gasteiger partial charge in [0.05, 0.1) is 11.9 Å². The molecule has 5 nitrogen and oxygen atoms in total. The van der Waals surface area contributed by atoms with Gasteiger partial charge in [-0.25, -0.2) is 0 Å². The third kappa shape index (κ3) is 2.25. The molecular weight excluding hydrogens is 180 g/mol. The zero-order valence-electron chi connectivity index (χ0n) is 8.96. The first-order valence-corrected chi connectivity index (χ1v) is 4.41. The van der Waals surface area contributed by atoms with Gasteiger partial charge in [0.15, 0.2) is 0 Å². The highest BCUT2D eigenvalue weighted by atomic mass is 16.2. The smallest absolute Gasteiger partial charge is 0.272 e. The van der Waals surface area contributed by atoms with E-state index in [0.29, 0.717) is 11.4 Å². The molecule has 0 spiro atoms. The summed E-state index contributed by atoms with van der Waals surface area (Å²) in [6.07, 6.45) is 1.47. The zero-order chi connectivity index (χ0) is 10.9. The molecule has 1 aromatic rings. The van der Waals surface area contributed by atoms with Crippen molar-refractivity contribution >= 4 is 11.6 Å². The first kappa shape index (κ1) is 10.6. The number of aromatic nitrogens is 2. The van der Waals surface area contributed by atoms with Crippen molar-refractivity contribution in [3.63, 3.8) is 0 Å². The summed E-state index contributed by atoms with van der Waals surface area (Å²) in [4.78, 5) is 11.7. The number of hydrogen-bond donors (Lipinski definition) is 2. The Labute approximate surface area is 83.3 Å². The van der Waals surface area contributed by atoms with E-state index in [1.165, 1.54) is 10.9 Å². The van der Waals surface area contributed by atoms with E-state index in [2.05, 4.69) is 10.4 Å². The van der Waals surface area contributed by atoms with E-state index in [4.69, 9.17) is 5.73 Å². The molecule has 78 valence electrons. The minimum absolute atomic E-state index is 0.199. The van der Waals surface area contributed by atoms with Gasteiger partial charge in [-0.1, -0.05) is 0 Å². The summed E-state index contributed by atoms with van der Waals surface area (Å²) in [6, 6.07) is 0. The number of aryl methyl sites for hydroxylation is 1. The van der Waals surface area contributed by atoms with E-state index in [1.54, 1.807) is 7.05 Å². The predicted molar refractivity (Wildman–Crippen MR) is 54.8 cm³/mol. The normalized spacial score (nSPS) is 11.4. The summed E-state index contributed by atoms with van der Waals surface area (Å²) in [5.74, 6) is -0.199. The van der Waals surface area contributed by atoms with Crippen LogP contribution in [0.3, 0.4) is 0 Å². The lowest BCUT2D eigenvalue weighted by Crippen LogP contribution is -2.41. The van der Waals surface area contributed by atoms with Crippen molar-refractivity contribution in [2.75, 3.05) is 5.73 Å². The van der Waals surface area contributed by atoms with Crippen LogP contribution in [0.25, 0.3) is 0 Å². The maximum absolute atomic E-state index is 11.7. The van der Waals surface area contributed by atoms with Gasteiger partial charge in [-0.2, -0.15) is 5.10 Å². The van der Waals surface area contributed by atoms with Crippen LogP contribution in [0, 0.1) is 0 Å². The summed E-state index contributed by atoms with van der Waals surface area (Å²) in [5.41, 5.74) is 6.15. The van der Waals surface area contributed by atoms with E-state index < -0.39 is 0 Å². The molecule has 0 aliphatic carbocycles. The molecule has 0 fully saturated rings. The van der Waals surface area contributed by atoms with Gasteiger partial charge in [0.2, 0.25) is 0 Å². The van der Waals surface area contributed by atoms with Crippen molar-refractivity contribution in [3.8, 4) is 0 Å². The van der Waals surface area contributed by atoms with Crippen molar-refractivity contribution in [2.24, 2.45) is 7.05 Å². The molecule has 0 radical (unpaired) electrons. The van der Waals surface area contributed by atoms with Gasteiger partial charge in [-0.15, -0.1) is 0 Å². The highest BCUT2D eigenvalue weighted by molar-refractivity contribution is 5.97. The van der Waals surface area contributed by atoms with Gasteiger partial charge in [0, 0.05) is 12.6 Å². The molecule has 14 heavy (non-hydrogen) atoms. The molecule has 1 rings (SSSR count). The van der Waals surface area contributed by atoms with Crippen molar-refractivity contribution in [2.45, 2.75) is 26.3 Å². The Bertz CT molecular complexity index is 329. The lowest BCUT2D eigenvalue weighted by molar-refractivity contribution is 0.0911. The van der Waals surface area contributed by atoms with E-state index in [0.717, 1.165) is 0 Å². The molecule has 3 N–H and O–H groups in total. The average Bonchev–Trinajstić information content (AvgIpc) is 2.27. The SMILES string of the molecule is Cn1ncc(N)c1C(=O)NC(C)(C)C. The number of nitrogens with zero attached hydrogens (tertiary/aromatic N) is 2. The van der Waals surface area contributed by atoms with Gasteiger partial charge < -0.3 is 11.1 Å². The Morgan fingerprint density at radius 2 is 2.14 bits per heavy atom. The Hall–Kier alpha value is -1.52. The second-order valence-electron chi connectivity index (χ2n) is 4.28. The van der Waals surface area contributed by atoms with E-state index in [9.17, 15) is 4.79 Å². The maximum atomic E-state index is 11.7. The summed E-state index contributed by atoms with van der Waals surface area (Å²) in [5, 5.41) is 6.72. The molecule has 1 aromatic heterocycles. The first-order valence-electron chi connectivity index (χ1n) is 4.41. The van der Waals surface area contributed by atoms with Crippen LogP contribution in [0.2, 0.25) is 0 Å². The molecule has 1 amide bonds. The van der Waals surface area contributed by atoms with E-state index in [-0.39, 0.29) is 11.4 Å². The van der Waals surface area contributed by atoms with E-state index >= 15 is 0 Å². The lowest BCUT2D eigenvalue weighted by atomic mass is 10.1. The van der Waals surface area contributed by atoms with Crippen molar-refractivity contribution < 1.29 is 4.79 Å². The maximum Gasteiger partial charge on any atom is 0.272 e. The van der Waals surface area contributed by atoms with Crippen LogP contribution in [0.5, 0.6) is 0 Å². The number of amides is 1. The first-order chi connectivity index (χ1) is 6.31. The number of rotatable bonds is 1. The van der Waals surface area contributed by atoms with Crippen molar-refractivity contribution in [3.05, 3.63) is 11.9 Å². The Balaban J connectivity index is 2.90. The van der Waals surface area contributed by atoms with Crippen LogP contribution in [0.15, 0.2) is 6.20 Å². The van der Waals surface area contributed by atoms with Gasteiger partial charge in [0.1, 0.15) is 5.69 Å². The molecular formula is C9H16N4O. The molecule has 0 unspecified atom stereocenters. The van der Waals surface area contributed by atoms with Crippen LogP contribution in [-0.4, -0.2) is 21.2 Å². The van der Waals surface area contributed by atoms with Crippen molar-refractivity contribution in [1.29, 1.82) is 0 Å². The van der Waals surface area contributed by atoms with E-state index in [1.807, 2.05) is 20.8 Å². The standard InChI is InChI=1S/C9H16N4O/c1-9(2,3)12-8(14)7-6(10)5-11-13(7)4/h5H,10H2,1-4H3,(H,12,14). The highest BCUT2D eigenvalue weighted by Crippen LogP contribution is 2.10. The molecule has 1 heterocycles. The minimum atomic E-state index is -0.270. The summed E-state index contributed by atoms with van der Waals surface area (Å²) in [6.45, 7) is 5.74. The number of carbonyl (C=O) groups excluding carboxylic acids is 1. The van der Waals surface area contributed by atoms with Crippen LogP contribution in [0.1, 0.15) is 31.3 Å². The number of carbonyl (C=O) groups is 1. The number of nitrogen functional groups attached to an aromatic ring is 1. The molecule has 0 atom stereocenters. The fourth-order valence-corrected chi connectivity index (χ4v) is 1.13. The van der Waals surface area contributed by atoms with Gasteiger partial charge in [-0.3, -0.25) is 9.48 Å². The molecule has 5 heteroatoms. The molecule has 0 aliphatic rings. The molecule has 0 aliphatic heterocycles. The molecule has 0 saturated carbocycles. The third-order valence-electron chi connectivity index (χ3n) is 1.67. The zero-order valence-corrected chi connectivity index (χ0v) is 8.96. The fraction of sp³-hybridized carbons (Fsp3) is 0.556. The van der Waals surface area contributed by atoms with Crippen LogP contribution >= 0.6 is 0 Å². The van der Waals surface area contributed by atoms with Gasteiger partial charge in [0.25, 0.3) is 5.91 Å². The summed E-state index contributed by atoms with van der Waals surface area (Å²) >= 11 is 0. The van der Waals surface area contributed by atoms with Gasteiger partial charge in [-0.05, 0) is 20.8 Å². The average molecular weight is 196 g/mol. The van der Waals surface area contributed by atoms with Crippen LogP contribution < -0.4 is 11.1 Å². The summed E-state index contributed by atoms with van der Waals surface area (Å²) in [7, 11) is 1.69. The van der Waals surface area contributed by atoms with Gasteiger partial charge >= 0.3 is 0 Å². The number of hydrogen-bond acceptors (Lipinski definition) is 3. The summed E-state index contributed by atoms with van der Waals surface area (Å²) < 4.78 is 1.47. The Kier molecular flexibility index (Phi) is 2.51. The number of nitrogens with one attached hydrogen (secondary N) is 1. The van der Waals surface area contributed by atoms with Crippen LogP contribution in [0.4, 0.5) is 5.69 Å². The second kappa shape index (κ2) is 3.32. The van der Waals surface area contributed by atoms with Crippen LogP contribution in [-0.2, 0) is 7.05 Å². The largest absolute Gasteiger partial charge is 0.396 e. The second-order valence-corrected chi connectivity index (χ2v) is 4.28. The number of anilines is 1. The molecule has 0 saturated heterocycles. The third-order valence-corrected chi connectivity index (χ3v) is 1.67. The monoisotopic (exact) mass is 196 g/mol. The topological polar surface area (TPSA) is 72.9 Å². The minimum Gasteiger partial charge on any atom is -0.396 e. The highest BCUT2D eigenvalue weighted by Gasteiger charge is 2.19. The predicted octanol–water partition coefficient (Wildman–Crippen LogP) is 0.531. The van der Waals surface area contributed by atoms with Crippen molar-refractivity contribution in [1.82, 2.24) is 15.1 Å². The Morgan fingerprint density at radius 1 is 1.57 bits per heavy atom.